The van der Waals surface area contributed by atoms with E-state index in [0.717, 1.165) is 0 Å². The second kappa shape index (κ2) is 20.3. The number of aromatic nitrogens is 2. The first kappa shape index (κ1) is 48.2. The predicted octanol–water partition coefficient (Wildman–Crippen LogP) is 3.54. The highest BCUT2D eigenvalue weighted by Crippen LogP contribution is 2.45. The topological polar surface area (TPSA) is 255 Å². The fourth-order valence-corrected chi connectivity index (χ4v) is 8.55. The summed E-state index contributed by atoms with van der Waals surface area (Å²) >= 11 is 0. The van der Waals surface area contributed by atoms with E-state index in [1.165, 1.54) is 61.7 Å². The zero-order chi connectivity index (χ0) is 48.0. The number of aryl methyl sites for hydroxylation is 1. The smallest absolute Gasteiger partial charge is 0.421 e. The Balaban J connectivity index is 1.35. The van der Waals surface area contributed by atoms with E-state index in [4.69, 9.17) is 14.3 Å². The Labute approximate surface area is 381 Å². The molecule has 0 saturated heterocycles. The van der Waals surface area contributed by atoms with Gasteiger partial charge in [-0.1, -0.05) is 30.4 Å². The van der Waals surface area contributed by atoms with E-state index in [2.05, 4.69) is 38.3 Å². The normalized spacial score (nSPS) is 16.9. The van der Waals surface area contributed by atoms with Crippen LogP contribution >= 0.6 is 0 Å². The molecule has 0 saturated carbocycles. The summed E-state index contributed by atoms with van der Waals surface area (Å²) in [6.45, 7) is 8.66. The van der Waals surface area contributed by atoms with Gasteiger partial charge in [-0.3, -0.25) is 28.6 Å². The number of imidazole rings is 1. The summed E-state index contributed by atoms with van der Waals surface area (Å²) < 4.78 is 51.4. The third kappa shape index (κ3) is 10.3. The van der Waals surface area contributed by atoms with Crippen molar-refractivity contribution in [2.45, 2.75) is 63.3 Å². The van der Waals surface area contributed by atoms with E-state index in [-0.39, 0.29) is 58.6 Å². The second-order valence-corrected chi connectivity index (χ2v) is 16.9. The van der Waals surface area contributed by atoms with Crippen molar-refractivity contribution in [3.63, 3.8) is 0 Å². The Morgan fingerprint density at radius 2 is 1.73 bits per heavy atom. The maximum Gasteiger partial charge on any atom is 0.421 e. The lowest BCUT2D eigenvalue weighted by molar-refractivity contribution is -0.127. The number of anilines is 4. The van der Waals surface area contributed by atoms with Crippen molar-refractivity contribution in [1.82, 2.24) is 30.6 Å². The van der Waals surface area contributed by atoms with Crippen LogP contribution in [0.1, 0.15) is 43.1 Å². The number of para-hydroxylation sites is 1. The van der Waals surface area contributed by atoms with E-state index in [9.17, 15) is 36.9 Å². The summed E-state index contributed by atoms with van der Waals surface area (Å²) in [4.78, 5) is 81.6. The van der Waals surface area contributed by atoms with Gasteiger partial charge in [0, 0.05) is 44.2 Å². The van der Waals surface area contributed by atoms with Crippen LogP contribution in [0, 0.1) is 0 Å². The molecule has 2 unspecified atom stereocenters. The van der Waals surface area contributed by atoms with E-state index in [0.29, 0.717) is 22.0 Å². The van der Waals surface area contributed by atoms with Gasteiger partial charge >= 0.3 is 6.09 Å². The number of nitrogens with one attached hydrogen (secondary N) is 5. The van der Waals surface area contributed by atoms with E-state index >= 15 is 0 Å². The molecule has 0 spiro atoms. The van der Waals surface area contributed by atoms with Gasteiger partial charge < -0.3 is 49.9 Å². The lowest BCUT2D eigenvalue weighted by Gasteiger charge is -2.33. The molecule has 1 aromatic heterocycles. The zero-order valence-corrected chi connectivity index (χ0v) is 38.1. The van der Waals surface area contributed by atoms with Crippen LogP contribution in [0.4, 0.5) is 27.7 Å². The van der Waals surface area contributed by atoms with Crippen molar-refractivity contribution >= 4 is 62.7 Å². The number of hydrogen-bond donors (Lipinski definition) is 6. The minimum Gasteiger partial charge on any atom is -0.493 e. The van der Waals surface area contributed by atoms with Crippen LogP contribution in [-0.4, -0.2) is 108 Å². The Bertz CT molecular complexity index is 2650. The maximum absolute atomic E-state index is 14.7. The van der Waals surface area contributed by atoms with E-state index in [1.807, 2.05) is 0 Å². The number of hydrogen-bond acceptors (Lipinski definition) is 14. The molecule has 4 aromatic rings. The molecule has 6 N–H and O–H groups in total. The zero-order valence-electron chi connectivity index (χ0n) is 37.3. The number of methoxy groups -OCH3 is 1. The number of hydroxylamine groups is 1. The first-order valence-corrected chi connectivity index (χ1v) is 22.1. The number of ether oxygens (including phenoxy) is 2. The third-order valence-electron chi connectivity index (χ3n) is 11.0. The monoisotopic (exact) mass is 928 g/mol. The molecular weight excluding hydrogens is 877 g/mol. The number of rotatable bonds is 17. The minimum atomic E-state index is -5.24. The molecule has 0 radical (unpaired) electrons. The fraction of sp³-hybridized carbons (Fsp3) is 0.318. The van der Waals surface area contributed by atoms with E-state index < -0.39 is 63.6 Å². The highest BCUT2D eigenvalue weighted by molar-refractivity contribution is 7.86. The largest absolute Gasteiger partial charge is 0.493 e. The van der Waals surface area contributed by atoms with Gasteiger partial charge in [0.15, 0.2) is 22.7 Å². The SMILES string of the molecule is C=CCC(NOc1cc2c(cc1OC)C(=O)N1c3ccccc3C[C@H]1C(S(=O)(=O)O)N2C(=O)Oc1ccc(NC(=O)[C@@H](C)NC(=O)[C@@H](C)NC)cc1)N(C)/C(=C\C)C(=O)Nc1cn(C)cn1. The molecule has 2 aliphatic rings. The standard InChI is InChI=1S/C44H52N10O11S/c1-9-13-38(52(7)31(10-2)41(57)49-37-23-51(6)24-46-37)50-65-36-22-33-30(21-35(36)63-8)42(58)53-32-15-12-11-14-27(32)20-34(53)43(66(60,61)62)54(33)44(59)64-29-18-16-28(17-19-29)48-40(56)26(4)47-39(55)25(3)45-5/h9-12,14-19,21-26,34,38,43,45,50H,1,13,20H2,2-8H3,(H,47,55)(H,48,56)(H,49,57)(H,60,61,62)/b31-10-/t25-,26-,34+,38?,43?/m1/s1. The van der Waals surface area contributed by atoms with Crippen LogP contribution in [0.5, 0.6) is 17.2 Å². The Morgan fingerprint density at radius 3 is 2.35 bits per heavy atom. The molecule has 2 aliphatic heterocycles. The quantitative estimate of drug-likeness (QED) is 0.0291. The molecule has 3 aromatic carbocycles. The van der Waals surface area contributed by atoms with Crippen LogP contribution < -0.4 is 50.9 Å². The van der Waals surface area contributed by atoms with Crippen molar-refractivity contribution in [3.05, 3.63) is 109 Å². The number of amides is 5. The van der Waals surface area contributed by atoms with Gasteiger partial charge in [0.1, 0.15) is 18.0 Å². The van der Waals surface area contributed by atoms with Gasteiger partial charge in [0.05, 0.1) is 42.5 Å². The Kier molecular flexibility index (Phi) is 14.8. The summed E-state index contributed by atoms with van der Waals surface area (Å²) in [7, 11) is 1.08. The fourth-order valence-electron chi connectivity index (χ4n) is 7.47. The highest BCUT2D eigenvalue weighted by atomic mass is 32.2. The molecule has 350 valence electrons. The van der Waals surface area contributed by atoms with Gasteiger partial charge in [-0.15, -0.1) is 12.1 Å². The van der Waals surface area contributed by atoms with Gasteiger partial charge in [-0.25, -0.2) is 9.78 Å². The second-order valence-electron chi connectivity index (χ2n) is 15.4. The van der Waals surface area contributed by atoms with Crippen LogP contribution in [0.2, 0.25) is 0 Å². The molecular formula is C44H52N10O11S. The summed E-state index contributed by atoms with van der Waals surface area (Å²) in [6.07, 6.45) is 4.41. The number of allylic oxidation sites excluding steroid dienone is 1. The molecule has 5 amide bonds. The first-order chi connectivity index (χ1) is 31.4. The average Bonchev–Trinajstić information content (AvgIpc) is 3.85. The minimum absolute atomic E-state index is 0.0144. The summed E-state index contributed by atoms with van der Waals surface area (Å²) in [5.41, 5.74) is 3.83. The van der Waals surface area contributed by atoms with Crippen molar-refractivity contribution in [2.24, 2.45) is 7.05 Å². The number of likely N-dealkylation sites (N-methyl/N-ethyl adjacent to an activating group) is 2. The molecule has 0 fully saturated rings. The van der Waals surface area contributed by atoms with Crippen molar-refractivity contribution in [3.8, 4) is 17.2 Å². The lowest BCUT2D eigenvalue weighted by atomic mass is 10.1. The number of nitrogens with zero attached hydrogens (tertiary/aromatic N) is 5. The van der Waals surface area contributed by atoms with Gasteiger partial charge in [-0.05, 0) is 76.2 Å². The predicted molar refractivity (Wildman–Crippen MR) is 244 cm³/mol. The van der Waals surface area contributed by atoms with E-state index in [1.54, 1.807) is 87.1 Å². The Hall–Kier alpha value is -7.27. The van der Waals surface area contributed by atoms with Gasteiger partial charge in [-0.2, -0.15) is 8.42 Å². The third-order valence-corrected chi connectivity index (χ3v) is 12.1. The maximum atomic E-state index is 14.7. The lowest BCUT2D eigenvalue weighted by Crippen LogP contribution is -2.56. The molecule has 0 aliphatic carbocycles. The summed E-state index contributed by atoms with van der Waals surface area (Å²) in [5, 5.41) is 8.68. The van der Waals surface area contributed by atoms with Crippen molar-refractivity contribution in [1.29, 1.82) is 0 Å². The number of carbonyl (C=O) groups is 5. The Morgan fingerprint density at radius 1 is 1.02 bits per heavy atom. The highest BCUT2D eigenvalue weighted by Gasteiger charge is 2.53. The average molecular weight is 929 g/mol. The van der Waals surface area contributed by atoms with Crippen molar-refractivity contribution in [2.75, 3.05) is 41.6 Å². The van der Waals surface area contributed by atoms with Crippen LogP contribution in [0.25, 0.3) is 0 Å². The molecule has 22 heteroatoms. The molecule has 6 rings (SSSR count). The summed E-state index contributed by atoms with van der Waals surface area (Å²) in [6, 6.07) is 11.9. The molecule has 3 heterocycles. The molecule has 5 atom stereocenters. The first-order valence-electron chi connectivity index (χ1n) is 20.6. The van der Waals surface area contributed by atoms with Crippen LogP contribution in [-0.2, 0) is 38.0 Å². The molecule has 66 heavy (non-hydrogen) atoms. The molecule has 21 nitrogen and oxygen atoms in total. The summed E-state index contributed by atoms with van der Waals surface area (Å²) in [5.74, 6) is -2.02. The van der Waals surface area contributed by atoms with Crippen LogP contribution in [0.15, 0.2) is 97.6 Å². The molecule has 0 bridgehead atoms. The number of carbonyl (C=O) groups excluding carboxylic acids is 5. The van der Waals surface area contributed by atoms with Crippen LogP contribution in [0.3, 0.4) is 0 Å². The van der Waals surface area contributed by atoms with Crippen molar-refractivity contribution < 1.29 is 51.3 Å². The number of benzene rings is 3. The number of fused-ring (bicyclic) bond motifs is 4. The van der Waals surface area contributed by atoms with Gasteiger partial charge in [0.2, 0.25) is 11.8 Å². The van der Waals surface area contributed by atoms with Gasteiger partial charge in [0.25, 0.3) is 21.9 Å².